The highest BCUT2D eigenvalue weighted by Gasteiger charge is 2.33. The summed E-state index contributed by atoms with van der Waals surface area (Å²) < 4.78 is 1.97. The van der Waals surface area contributed by atoms with Crippen LogP contribution >= 0.6 is 0 Å². The first-order valence-electron chi connectivity index (χ1n) is 7.56. The zero-order chi connectivity index (χ0) is 13.7. The Labute approximate surface area is 117 Å². The molecule has 0 saturated heterocycles. The second kappa shape index (κ2) is 6.53. The normalized spacial score (nSPS) is 19.6. The van der Waals surface area contributed by atoms with Crippen LogP contribution < -0.4 is 5.73 Å². The molecule has 0 bridgehead atoms. The molecular weight excluding hydrogens is 236 g/mol. The van der Waals surface area contributed by atoms with Gasteiger partial charge in [0.05, 0.1) is 0 Å². The lowest BCUT2D eigenvalue weighted by Gasteiger charge is -2.41. The van der Waals surface area contributed by atoms with Crippen LogP contribution in [0.1, 0.15) is 44.2 Å². The van der Waals surface area contributed by atoms with Gasteiger partial charge in [-0.1, -0.05) is 25.7 Å². The van der Waals surface area contributed by atoms with Gasteiger partial charge in [-0.25, -0.2) is 0 Å². The van der Waals surface area contributed by atoms with Crippen molar-refractivity contribution in [1.82, 2.24) is 14.7 Å². The van der Waals surface area contributed by atoms with Crippen LogP contribution in [-0.4, -0.2) is 40.4 Å². The Hall–Kier alpha value is -0.870. The fourth-order valence-electron chi connectivity index (χ4n) is 3.29. The summed E-state index contributed by atoms with van der Waals surface area (Å²) >= 11 is 0. The molecular formula is C15H28N4. The molecule has 1 heterocycles. The van der Waals surface area contributed by atoms with Gasteiger partial charge in [0.1, 0.15) is 0 Å². The Morgan fingerprint density at radius 2 is 2.00 bits per heavy atom. The van der Waals surface area contributed by atoms with Gasteiger partial charge in [0.2, 0.25) is 0 Å². The van der Waals surface area contributed by atoms with E-state index in [1.54, 1.807) is 0 Å². The standard InChI is InChI=1S/C15H28N4/c1-18(12-8-14-7-11-17-19(14)2)15(13-16)9-5-3-4-6-10-15/h7,11H,3-6,8-10,12-13,16H2,1-2H3. The topological polar surface area (TPSA) is 47.1 Å². The molecule has 1 saturated carbocycles. The first-order valence-corrected chi connectivity index (χ1v) is 7.56. The largest absolute Gasteiger partial charge is 0.329 e. The van der Waals surface area contributed by atoms with E-state index >= 15 is 0 Å². The van der Waals surface area contributed by atoms with Crippen LogP contribution in [0.2, 0.25) is 0 Å². The highest BCUT2D eigenvalue weighted by atomic mass is 15.3. The molecule has 0 amide bonds. The Morgan fingerprint density at radius 1 is 1.32 bits per heavy atom. The summed E-state index contributed by atoms with van der Waals surface area (Å²) in [5, 5.41) is 4.23. The summed E-state index contributed by atoms with van der Waals surface area (Å²) in [6, 6.07) is 2.11. The van der Waals surface area contributed by atoms with Crippen molar-refractivity contribution in [3.05, 3.63) is 18.0 Å². The van der Waals surface area contributed by atoms with Gasteiger partial charge in [0.25, 0.3) is 0 Å². The van der Waals surface area contributed by atoms with Crippen molar-refractivity contribution in [2.75, 3.05) is 20.1 Å². The lowest BCUT2D eigenvalue weighted by atomic mass is 9.88. The zero-order valence-corrected chi connectivity index (χ0v) is 12.4. The van der Waals surface area contributed by atoms with Gasteiger partial charge in [-0.05, 0) is 26.0 Å². The number of aryl methyl sites for hydroxylation is 1. The molecule has 0 aliphatic heterocycles. The average Bonchev–Trinajstić information content (AvgIpc) is 2.68. The minimum atomic E-state index is 0.231. The van der Waals surface area contributed by atoms with Crippen molar-refractivity contribution in [2.45, 2.75) is 50.5 Å². The van der Waals surface area contributed by atoms with Gasteiger partial charge in [-0.3, -0.25) is 9.58 Å². The minimum absolute atomic E-state index is 0.231. The van der Waals surface area contributed by atoms with E-state index in [-0.39, 0.29) is 5.54 Å². The molecule has 4 heteroatoms. The van der Waals surface area contributed by atoms with E-state index in [9.17, 15) is 0 Å². The predicted octanol–water partition coefficient (Wildman–Crippen LogP) is 1.95. The molecule has 1 aliphatic rings. The van der Waals surface area contributed by atoms with Crippen LogP contribution in [0.3, 0.4) is 0 Å². The number of rotatable bonds is 5. The molecule has 108 valence electrons. The van der Waals surface area contributed by atoms with Crippen molar-refractivity contribution in [3.8, 4) is 0 Å². The number of nitrogens with two attached hydrogens (primary N) is 1. The molecule has 0 spiro atoms. The number of nitrogens with zero attached hydrogens (tertiary/aromatic N) is 3. The van der Waals surface area contributed by atoms with E-state index in [2.05, 4.69) is 23.1 Å². The highest BCUT2D eigenvalue weighted by molar-refractivity contribution is 5.01. The maximum absolute atomic E-state index is 6.13. The molecule has 0 radical (unpaired) electrons. The Balaban J connectivity index is 1.96. The molecule has 1 fully saturated rings. The molecule has 2 rings (SSSR count). The summed E-state index contributed by atoms with van der Waals surface area (Å²) in [6.07, 6.45) is 10.8. The monoisotopic (exact) mass is 264 g/mol. The first-order chi connectivity index (χ1) is 9.18. The van der Waals surface area contributed by atoms with Gasteiger partial charge in [0.15, 0.2) is 0 Å². The maximum Gasteiger partial charge on any atom is 0.0492 e. The quantitative estimate of drug-likeness (QED) is 0.827. The van der Waals surface area contributed by atoms with Crippen molar-refractivity contribution in [1.29, 1.82) is 0 Å². The molecule has 0 unspecified atom stereocenters. The molecule has 4 nitrogen and oxygen atoms in total. The van der Waals surface area contributed by atoms with Crippen LogP contribution in [0, 0.1) is 0 Å². The van der Waals surface area contributed by atoms with Crippen molar-refractivity contribution < 1.29 is 0 Å². The summed E-state index contributed by atoms with van der Waals surface area (Å²) in [5.74, 6) is 0. The van der Waals surface area contributed by atoms with Gasteiger partial charge < -0.3 is 5.73 Å². The van der Waals surface area contributed by atoms with E-state index in [0.29, 0.717) is 0 Å². The minimum Gasteiger partial charge on any atom is -0.329 e. The Bertz CT molecular complexity index is 377. The molecule has 1 aromatic heterocycles. The fourth-order valence-corrected chi connectivity index (χ4v) is 3.29. The van der Waals surface area contributed by atoms with E-state index in [1.165, 1.54) is 44.2 Å². The third kappa shape index (κ3) is 3.37. The lowest BCUT2D eigenvalue weighted by Crippen LogP contribution is -2.52. The molecule has 1 aliphatic carbocycles. The molecule has 19 heavy (non-hydrogen) atoms. The van der Waals surface area contributed by atoms with Crippen LogP contribution in [0.4, 0.5) is 0 Å². The Kier molecular flexibility index (Phi) is 4.99. The molecule has 1 aromatic rings. The fraction of sp³-hybridized carbons (Fsp3) is 0.800. The molecule has 0 atom stereocenters. The number of hydrogen-bond donors (Lipinski definition) is 1. The lowest BCUT2D eigenvalue weighted by molar-refractivity contribution is 0.108. The van der Waals surface area contributed by atoms with Gasteiger partial charge in [-0.15, -0.1) is 0 Å². The van der Waals surface area contributed by atoms with Crippen LogP contribution in [0.5, 0.6) is 0 Å². The maximum atomic E-state index is 6.13. The van der Waals surface area contributed by atoms with Gasteiger partial charge >= 0.3 is 0 Å². The predicted molar refractivity (Wildman–Crippen MR) is 79.0 cm³/mol. The average molecular weight is 264 g/mol. The van der Waals surface area contributed by atoms with Crippen LogP contribution in [-0.2, 0) is 13.5 Å². The van der Waals surface area contributed by atoms with E-state index in [0.717, 1.165) is 19.5 Å². The second-order valence-corrected chi connectivity index (χ2v) is 5.96. The number of aromatic nitrogens is 2. The molecule has 0 aromatic carbocycles. The SMILES string of the molecule is CN(CCc1ccnn1C)C1(CN)CCCCCC1. The number of hydrogen-bond acceptors (Lipinski definition) is 3. The van der Waals surface area contributed by atoms with E-state index in [1.807, 2.05) is 17.9 Å². The van der Waals surface area contributed by atoms with Crippen LogP contribution in [0.25, 0.3) is 0 Å². The summed E-state index contributed by atoms with van der Waals surface area (Å²) in [5.41, 5.74) is 7.66. The Morgan fingerprint density at radius 3 is 2.53 bits per heavy atom. The zero-order valence-electron chi connectivity index (χ0n) is 12.4. The third-order valence-corrected chi connectivity index (χ3v) is 4.85. The summed E-state index contributed by atoms with van der Waals surface area (Å²) in [6.45, 7) is 1.85. The van der Waals surface area contributed by atoms with Crippen molar-refractivity contribution in [3.63, 3.8) is 0 Å². The van der Waals surface area contributed by atoms with E-state index < -0.39 is 0 Å². The van der Waals surface area contributed by atoms with Gasteiger partial charge in [0, 0.05) is 44.0 Å². The summed E-state index contributed by atoms with van der Waals surface area (Å²) in [4.78, 5) is 2.51. The second-order valence-electron chi connectivity index (χ2n) is 5.96. The first kappa shape index (κ1) is 14.5. The highest BCUT2D eigenvalue weighted by Crippen LogP contribution is 2.31. The van der Waals surface area contributed by atoms with Crippen molar-refractivity contribution in [2.24, 2.45) is 12.8 Å². The van der Waals surface area contributed by atoms with E-state index in [4.69, 9.17) is 5.73 Å². The van der Waals surface area contributed by atoms with Crippen LogP contribution in [0.15, 0.2) is 12.3 Å². The van der Waals surface area contributed by atoms with Gasteiger partial charge in [-0.2, -0.15) is 5.10 Å². The van der Waals surface area contributed by atoms with Crippen molar-refractivity contribution >= 4 is 0 Å². The third-order valence-electron chi connectivity index (χ3n) is 4.85. The smallest absolute Gasteiger partial charge is 0.0492 e. The molecule has 2 N–H and O–H groups in total. The number of likely N-dealkylation sites (N-methyl/N-ethyl adjacent to an activating group) is 1. The summed E-state index contributed by atoms with van der Waals surface area (Å²) in [7, 11) is 4.26.